The van der Waals surface area contributed by atoms with Crippen molar-refractivity contribution in [2.75, 3.05) is 5.32 Å². The van der Waals surface area contributed by atoms with Crippen molar-refractivity contribution in [1.29, 1.82) is 0 Å². The number of anilines is 1. The van der Waals surface area contributed by atoms with Crippen molar-refractivity contribution in [1.82, 2.24) is 9.55 Å². The molecular weight excluding hydrogens is 572 g/mol. The van der Waals surface area contributed by atoms with Gasteiger partial charge in [0, 0.05) is 17.2 Å². The molecule has 0 spiro atoms. The third kappa shape index (κ3) is 6.29. The van der Waals surface area contributed by atoms with Crippen LogP contribution in [0.25, 0.3) is 0 Å². The summed E-state index contributed by atoms with van der Waals surface area (Å²) in [5.74, 6) is -0.831. The van der Waals surface area contributed by atoms with E-state index < -0.39 is 16.0 Å². The van der Waals surface area contributed by atoms with Crippen LogP contribution in [0.4, 0.5) is 5.69 Å². The number of nitrogens with zero attached hydrogens (tertiary/aromatic N) is 2. The minimum Gasteiger partial charge on any atom is -0.392 e. The lowest BCUT2D eigenvalue weighted by atomic mass is 9.90. The number of amides is 1. The molecule has 36 heavy (non-hydrogen) atoms. The van der Waals surface area contributed by atoms with Gasteiger partial charge in [0.1, 0.15) is 5.15 Å². The topological polar surface area (TPSA) is 85.6 Å². The predicted molar refractivity (Wildman–Crippen MR) is 141 cm³/mol. The number of rotatable bonds is 6. The number of benzene rings is 2. The number of alkyl halides is 3. The second-order valence-corrected chi connectivity index (χ2v) is 11.4. The van der Waals surface area contributed by atoms with E-state index in [1.54, 1.807) is 35.2 Å². The Kier molecular flexibility index (Phi) is 8.75. The van der Waals surface area contributed by atoms with E-state index in [0.29, 0.717) is 17.4 Å². The number of ether oxygens (including phenoxy) is 2. The highest BCUT2D eigenvalue weighted by molar-refractivity contribution is 6.76. The number of hydrogen-bond acceptors (Lipinski definition) is 5. The highest BCUT2D eigenvalue weighted by atomic mass is 35.6. The first-order valence-corrected chi connectivity index (χ1v) is 12.8. The number of aliphatic hydroxyl groups excluding tert-OH is 1. The highest BCUT2D eigenvalue weighted by Gasteiger charge is 2.39. The molecule has 1 fully saturated rings. The number of halogens is 5. The molecule has 0 bridgehead atoms. The molecule has 12 heteroatoms. The Balaban J connectivity index is 1.60. The van der Waals surface area contributed by atoms with Gasteiger partial charge in [0.05, 0.1) is 31.7 Å². The lowest BCUT2D eigenvalue weighted by molar-refractivity contribution is -0.276. The zero-order chi connectivity index (χ0) is 26.0. The van der Waals surface area contributed by atoms with Crippen LogP contribution in [-0.2, 0) is 27.4 Å². The Morgan fingerprint density at radius 1 is 1.06 bits per heavy atom. The van der Waals surface area contributed by atoms with Gasteiger partial charge < -0.3 is 24.5 Å². The molecule has 2 heterocycles. The molecule has 0 unspecified atom stereocenters. The molecule has 2 aromatic carbocycles. The zero-order valence-corrected chi connectivity index (χ0v) is 22.7. The second-order valence-electron chi connectivity index (χ2n) is 8.37. The average molecular weight is 594 g/mol. The number of imidazole rings is 1. The van der Waals surface area contributed by atoms with Crippen LogP contribution in [0.2, 0.25) is 10.3 Å². The van der Waals surface area contributed by atoms with Gasteiger partial charge in [-0.25, -0.2) is 4.98 Å². The minimum atomic E-state index is -2.08. The van der Waals surface area contributed by atoms with Gasteiger partial charge in [0.25, 0.3) is 9.70 Å². The van der Waals surface area contributed by atoms with Crippen LogP contribution in [0.3, 0.4) is 0 Å². The van der Waals surface area contributed by atoms with E-state index in [-0.39, 0.29) is 29.9 Å². The highest BCUT2D eigenvalue weighted by Crippen LogP contribution is 2.42. The molecular formula is C24H22Cl5N3O4. The molecule has 2 N–H and O–H groups in total. The van der Waals surface area contributed by atoms with Crippen LogP contribution in [-0.4, -0.2) is 30.5 Å². The lowest BCUT2D eigenvalue weighted by Gasteiger charge is -2.41. The number of carbonyl (C=O) groups is 1. The van der Waals surface area contributed by atoms with Crippen molar-refractivity contribution in [2.24, 2.45) is 5.92 Å². The fourth-order valence-electron chi connectivity index (χ4n) is 3.92. The summed E-state index contributed by atoms with van der Waals surface area (Å²) in [5.41, 5.74) is 2.93. The van der Waals surface area contributed by atoms with Crippen molar-refractivity contribution in [3.63, 3.8) is 0 Å². The van der Waals surface area contributed by atoms with Gasteiger partial charge in [-0.3, -0.25) is 4.79 Å². The molecule has 1 aliphatic heterocycles. The molecule has 0 saturated carbocycles. The summed E-state index contributed by atoms with van der Waals surface area (Å²) in [6.07, 6.45) is 0.225. The normalized spacial score (nSPS) is 22.4. The number of aromatic nitrogens is 2. The summed E-state index contributed by atoms with van der Waals surface area (Å²) in [6.45, 7) is 2.40. The van der Waals surface area contributed by atoms with Crippen molar-refractivity contribution in [3.05, 3.63) is 81.9 Å². The predicted octanol–water partition coefficient (Wildman–Crippen LogP) is 6.48. The van der Waals surface area contributed by atoms with E-state index in [1.165, 1.54) is 0 Å². The molecule has 0 aliphatic carbocycles. The monoisotopic (exact) mass is 591 g/mol. The Morgan fingerprint density at radius 3 is 2.25 bits per heavy atom. The maximum absolute atomic E-state index is 11.9. The van der Waals surface area contributed by atoms with Gasteiger partial charge >= 0.3 is 0 Å². The number of carbonyl (C=O) groups excluding carboxylic acids is 1. The molecule has 3 aromatic rings. The van der Waals surface area contributed by atoms with Crippen LogP contribution in [0.15, 0.2) is 54.9 Å². The van der Waals surface area contributed by atoms with Gasteiger partial charge in [0.15, 0.2) is 11.4 Å². The van der Waals surface area contributed by atoms with Crippen molar-refractivity contribution in [3.8, 4) is 0 Å². The zero-order valence-electron chi connectivity index (χ0n) is 18.9. The van der Waals surface area contributed by atoms with Crippen molar-refractivity contribution < 1.29 is 19.4 Å². The summed E-state index contributed by atoms with van der Waals surface area (Å²) >= 11 is 29.2. The van der Waals surface area contributed by atoms with E-state index in [0.717, 1.165) is 16.7 Å². The fraction of sp³-hybridized carbons (Fsp3) is 0.333. The molecule has 1 aliphatic rings. The van der Waals surface area contributed by atoms with E-state index in [1.807, 2.05) is 31.2 Å². The van der Waals surface area contributed by atoms with Gasteiger partial charge in [-0.05, 0) is 23.3 Å². The summed E-state index contributed by atoms with van der Waals surface area (Å²) in [5, 5.41) is 12.5. The van der Waals surface area contributed by atoms with E-state index in [4.69, 9.17) is 67.5 Å². The molecule has 1 amide bonds. The summed E-state index contributed by atoms with van der Waals surface area (Å²) in [7, 11) is 0. The van der Waals surface area contributed by atoms with Gasteiger partial charge in [0.2, 0.25) is 0 Å². The van der Waals surface area contributed by atoms with E-state index in [2.05, 4.69) is 10.3 Å². The molecule has 192 valence electrons. The maximum atomic E-state index is 11.9. The summed E-state index contributed by atoms with van der Waals surface area (Å²) in [4.78, 5) is 16.0. The quantitative estimate of drug-likeness (QED) is 0.320. The Morgan fingerprint density at radius 2 is 1.69 bits per heavy atom. The smallest absolute Gasteiger partial charge is 0.276 e. The largest absolute Gasteiger partial charge is 0.392 e. The molecule has 1 aromatic heterocycles. The van der Waals surface area contributed by atoms with Gasteiger partial charge in [-0.15, -0.1) is 0 Å². The maximum Gasteiger partial charge on any atom is 0.276 e. The first-order chi connectivity index (χ1) is 17.1. The van der Waals surface area contributed by atoms with Crippen molar-refractivity contribution >= 4 is 69.6 Å². The Labute approximate surface area is 233 Å². The molecule has 7 nitrogen and oxygen atoms in total. The average Bonchev–Trinajstić information content (AvgIpc) is 3.17. The first-order valence-electron chi connectivity index (χ1n) is 10.9. The number of hydrogen-bond donors (Lipinski definition) is 2. The van der Waals surface area contributed by atoms with E-state index >= 15 is 0 Å². The third-order valence-electron chi connectivity index (χ3n) is 5.93. The van der Waals surface area contributed by atoms with Crippen LogP contribution >= 0.6 is 58.0 Å². The molecule has 0 radical (unpaired) electrons. The second kappa shape index (κ2) is 11.5. The third-order valence-corrected chi connectivity index (χ3v) is 7.22. The number of nitrogens with one attached hydrogen (secondary N) is 1. The summed E-state index contributed by atoms with van der Waals surface area (Å²) < 4.78 is 12.4. The van der Waals surface area contributed by atoms with Gasteiger partial charge in [-0.1, -0.05) is 101 Å². The summed E-state index contributed by atoms with van der Waals surface area (Å²) in [6, 6.07) is 14.4. The molecule has 4 rings (SSSR count). The lowest BCUT2D eigenvalue weighted by Crippen LogP contribution is -2.39. The van der Waals surface area contributed by atoms with Crippen LogP contribution < -0.4 is 5.32 Å². The van der Waals surface area contributed by atoms with Crippen LogP contribution in [0, 0.1) is 5.92 Å². The Bertz CT molecular complexity index is 1200. The molecule has 4 atom stereocenters. The first kappa shape index (κ1) is 27.5. The Hall–Kier alpha value is -1.55. The SMILES string of the molecule is C[C@@H]1[C@H](Cn2cnc(Cl)c2Cl)O[C@H](c2ccc(NC(=O)C(Cl)(Cl)Cl)cc2)O[C@@H]1c1ccc(CO)cc1. The van der Waals surface area contributed by atoms with Crippen LogP contribution in [0.1, 0.15) is 36.0 Å². The minimum absolute atomic E-state index is 0.0449. The fourth-order valence-corrected chi connectivity index (χ4v) is 4.37. The van der Waals surface area contributed by atoms with Crippen LogP contribution in [0.5, 0.6) is 0 Å². The van der Waals surface area contributed by atoms with E-state index in [9.17, 15) is 9.90 Å². The van der Waals surface area contributed by atoms with Crippen molar-refractivity contribution in [2.45, 2.75) is 42.4 Å². The van der Waals surface area contributed by atoms with Gasteiger partial charge in [-0.2, -0.15) is 0 Å². The molecule has 1 saturated heterocycles. The number of aliphatic hydroxyl groups is 1. The standard InChI is InChI=1S/C24H22Cl5N3O4/c1-13-18(10-32-12-30-20(25)21(32)26)35-22(36-19(13)15-4-2-14(11-33)3-5-15)16-6-8-17(9-7-16)31-23(34)24(27,28)29/h2-9,12-13,18-19,22,33H,10-11H2,1H3,(H,31,34)/t13-,18+,19+,22+/m1/s1.